The highest BCUT2D eigenvalue weighted by Gasteiger charge is 2.36. The Morgan fingerprint density at radius 2 is 2.29 bits per heavy atom. The third kappa shape index (κ3) is 2.99. The van der Waals surface area contributed by atoms with E-state index in [1.807, 2.05) is 4.90 Å². The molecule has 1 aliphatic heterocycles. The van der Waals surface area contributed by atoms with Gasteiger partial charge in [0.1, 0.15) is 0 Å². The van der Waals surface area contributed by atoms with Gasteiger partial charge in [-0.1, -0.05) is 32.4 Å². The van der Waals surface area contributed by atoms with E-state index in [2.05, 4.69) is 25.8 Å². The predicted molar refractivity (Wildman–Crippen MR) is 70.1 cm³/mol. The van der Waals surface area contributed by atoms with E-state index >= 15 is 0 Å². The van der Waals surface area contributed by atoms with Crippen LogP contribution < -0.4 is 0 Å². The second kappa shape index (κ2) is 4.58. The fourth-order valence-corrected chi connectivity index (χ4v) is 3.04. The van der Waals surface area contributed by atoms with Crippen molar-refractivity contribution in [3.63, 3.8) is 0 Å². The number of hydrogen-bond donors (Lipinski definition) is 0. The molecule has 2 rings (SSSR count). The van der Waals surface area contributed by atoms with E-state index in [1.165, 1.54) is 11.3 Å². The summed E-state index contributed by atoms with van der Waals surface area (Å²) in [6, 6.07) is 0. The standard InChI is InChI=1S/C12H17ClN2OS/c1-12(2,3)8-4-10(16)15(6-8)7-9-5-14-11(13)17-9/h5,8H,4,6-7H2,1-3H3. The molecule has 0 radical (unpaired) electrons. The van der Waals surface area contributed by atoms with Gasteiger partial charge in [0.25, 0.3) is 0 Å². The molecule has 0 spiro atoms. The predicted octanol–water partition coefficient (Wildman–Crippen LogP) is 3.19. The van der Waals surface area contributed by atoms with E-state index in [0.29, 0.717) is 23.4 Å². The summed E-state index contributed by atoms with van der Waals surface area (Å²) < 4.78 is 0.541. The summed E-state index contributed by atoms with van der Waals surface area (Å²) in [4.78, 5) is 18.9. The first kappa shape index (κ1) is 12.8. The van der Waals surface area contributed by atoms with E-state index in [9.17, 15) is 4.79 Å². The average Bonchev–Trinajstić information content (AvgIpc) is 2.74. The number of nitrogens with zero attached hydrogens (tertiary/aromatic N) is 2. The van der Waals surface area contributed by atoms with Crippen molar-refractivity contribution in [2.24, 2.45) is 11.3 Å². The maximum Gasteiger partial charge on any atom is 0.223 e. The third-order valence-electron chi connectivity index (χ3n) is 3.31. The minimum atomic E-state index is 0.190. The molecule has 1 aromatic rings. The smallest absolute Gasteiger partial charge is 0.223 e. The Labute approximate surface area is 111 Å². The molecule has 94 valence electrons. The first-order chi connectivity index (χ1) is 7.86. The van der Waals surface area contributed by atoms with Crippen molar-refractivity contribution in [3.05, 3.63) is 15.5 Å². The lowest BCUT2D eigenvalue weighted by atomic mass is 9.80. The average molecular weight is 273 g/mol. The van der Waals surface area contributed by atoms with Crippen molar-refractivity contribution >= 4 is 28.8 Å². The molecule has 1 saturated heterocycles. The van der Waals surface area contributed by atoms with Gasteiger partial charge < -0.3 is 4.90 Å². The second-order valence-corrected chi connectivity index (χ2v) is 7.32. The van der Waals surface area contributed by atoms with Crippen molar-refractivity contribution < 1.29 is 4.79 Å². The van der Waals surface area contributed by atoms with Gasteiger partial charge in [-0.2, -0.15) is 0 Å². The second-order valence-electron chi connectivity index (χ2n) is 5.62. The molecule has 1 aliphatic rings. The van der Waals surface area contributed by atoms with Crippen LogP contribution in [0.15, 0.2) is 6.20 Å². The molecule has 0 bridgehead atoms. The van der Waals surface area contributed by atoms with Gasteiger partial charge in [0, 0.05) is 24.0 Å². The van der Waals surface area contributed by atoms with Crippen molar-refractivity contribution in [3.8, 4) is 0 Å². The molecular weight excluding hydrogens is 256 g/mol. The number of halogens is 1. The molecule has 1 atom stereocenters. The topological polar surface area (TPSA) is 33.2 Å². The van der Waals surface area contributed by atoms with E-state index in [-0.39, 0.29) is 11.3 Å². The fourth-order valence-electron chi connectivity index (χ4n) is 2.05. The van der Waals surface area contributed by atoms with Crippen LogP contribution in [0.3, 0.4) is 0 Å². The van der Waals surface area contributed by atoms with Crippen molar-refractivity contribution in [2.75, 3.05) is 6.54 Å². The number of hydrogen-bond acceptors (Lipinski definition) is 3. The minimum Gasteiger partial charge on any atom is -0.337 e. The molecule has 3 nitrogen and oxygen atoms in total. The normalized spacial score (nSPS) is 21.3. The van der Waals surface area contributed by atoms with Crippen molar-refractivity contribution in [1.82, 2.24) is 9.88 Å². The summed E-state index contributed by atoms with van der Waals surface area (Å²) in [6.07, 6.45) is 2.42. The summed E-state index contributed by atoms with van der Waals surface area (Å²) in [5.74, 6) is 0.688. The van der Waals surface area contributed by atoms with Gasteiger partial charge in [0.05, 0.1) is 6.54 Å². The molecular formula is C12H17ClN2OS. The van der Waals surface area contributed by atoms with Crippen LogP contribution in [0.5, 0.6) is 0 Å². The van der Waals surface area contributed by atoms with Crippen LogP contribution >= 0.6 is 22.9 Å². The van der Waals surface area contributed by atoms with Crippen LogP contribution in [0.4, 0.5) is 0 Å². The zero-order chi connectivity index (χ0) is 12.6. The lowest BCUT2D eigenvalue weighted by Crippen LogP contribution is -2.27. The minimum absolute atomic E-state index is 0.190. The Kier molecular flexibility index (Phi) is 3.46. The highest BCUT2D eigenvalue weighted by Crippen LogP contribution is 2.35. The van der Waals surface area contributed by atoms with Crippen LogP contribution in [-0.2, 0) is 11.3 Å². The van der Waals surface area contributed by atoms with E-state index < -0.39 is 0 Å². The van der Waals surface area contributed by atoms with Crippen LogP contribution in [0.2, 0.25) is 4.47 Å². The molecule has 1 unspecified atom stereocenters. The third-order valence-corrected chi connectivity index (χ3v) is 4.41. The Bertz CT molecular complexity index is 424. The maximum atomic E-state index is 11.9. The van der Waals surface area contributed by atoms with Crippen LogP contribution in [0, 0.1) is 11.3 Å². The Morgan fingerprint density at radius 3 is 2.76 bits per heavy atom. The van der Waals surface area contributed by atoms with Gasteiger partial charge in [0.15, 0.2) is 4.47 Å². The lowest BCUT2D eigenvalue weighted by molar-refractivity contribution is -0.128. The van der Waals surface area contributed by atoms with Gasteiger partial charge in [-0.15, -0.1) is 11.3 Å². The summed E-state index contributed by atoms with van der Waals surface area (Å²) in [7, 11) is 0. The van der Waals surface area contributed by atoms with Crippen LogP contribution in [0.25, 0.3) is 0 Å². The van der Waals surface area contributed by atoms with E-state index in [4.69, 9.17) is 11.6 Å². The van der Waals surface area contributed by atoms with E-state index in [0.717, 1.165) is 11.4 Å². The maximum absolute atomic E-state index is 11.9. The summed E-state index contributed by atoms with van der Waals surface area (Å²) in [6.45, 7) is 8.07. The lowest BCUT2D eigenvalue weighted by Gasteiger charge is -2.26. The van der Waals surface area contributed by atoms with Crippen LogP contribution in [-0.4, -0.2) is 22.3 Å². The zero-order valence-electron chi connectivity index (χ0n) is 10.4. The Morgan fingerprint density at radius 1 is 1.59 bits per heavy atom. The molecule has 1 fully saturated rings. The molecule has 0 saturated carbocycles. The van der Waals surface area contributed by atoms with Gasteiger partial charge >= 0.3 is 0 Å². The van der Waals surface area contributed by atoms with E-state index in [1.54, 1.807) is 6.20 Å². The number of carbonyl (C=O) groups excluding carboxylic acids is 1. The summed E-state index contributed by atoms with van der Waals surface area (Å²) in [5.41, 5.74) is 0.190. The number of thiazole rings is 1. The number of likely N-dealkylation sites (tertiary alicyclic amines) is 1. The number of rotatable bonds is 2. The molecule has 1 aromatic heterocycles. The molecule has 2 heterocycles. The largest absolute Gasteiger partial charge is 0.337 e. The monoisotopic (exact) mass is 272 g/mol. The summed E-state index contributed by atoms with van der Waals surface area (Å²) >= 11 is 7.23. The number of aromatic nitrogens is 1. The molecule has 0 aliphatic carbocycles. The Hall–Kier alpha value is -0.610. The molecule has 17 heavy (non-hydrogen) atoms. The van der Waals surface area contributed by atoms with Crippen molar-refractivity contribution in [2.45, 2.75) is 33.7 Å². The highest BCUT2D eigenvalue weighted by atomic mass is 35.5. The molecule has 1 amide bonds. The highest BCUT2D eigenvalue weighted by molar-refractivity contribution is 7.15. The van der Waals surface area contributed by atoms with Crippen LogP contribution in [0.1, 0.15) is 32.1 Å². The SMILES string of the molecule is CC(C)(C)C1CC(=O)N(Cc2cnc(Cl)s2)C1. The van der Waals surface area contributed by atoms with Gasteiger partial charge in [-0.3, -0.25) is 4.79 Å². The Balaban J connectivity index is 2.02. The molecule has 0 aromatic carbocycles. The molecule has 5 heteroatoms. The van der Waals surface area contributed by atoms with Crippen molar-refractivity contribution in [1.29, 1.82) is 0 Å². The van der Waals surface area contributed by atoms with Gasteiger partial charge in [-0.05, 0) is 11.3 Å². The zero-order valence-corrected chi connectivity index (χ0v) is 11.9. The van der Waals surface area contributed by atoms with Gasteiger partial charge in [0.2, 0.25) is 5.91 Å². The summed E-state index contributed by atoms with van der Waals surface area (Å²) in [5, 5.41) is 0. The number of carbonyl (C=O) groups is 1. The molecule has 0 N–H and O–H groups in total. The van der Waals surface area contributed by atoms with Gasteiger partial charge in [-0.25, -0.2) is 4.98 Å². The first-order valence-corrected chi connectivity index (χ1v) is 6.93. The first-order valence-electron chi connectivity index (χ1n) is 5.74. The quantitative estimate of drug-likeness (QED) is 0.828. The fraction of sp³-hybridized carbons (Fsp3) is 0.667. The number of amides is 1.